The molecule has 18 heavy (non-hydrogen) atoms. The third-order valence-corrected chi connectivity index (χ3v) is 2.80. The standard InChI is InChI=1S/C14H22N2O2/c1-4-6-9-16(3)13-10-11(7-8-12(13)15)14(17)18-5-2/h7-8,10H,4-6,9,15H2,1-3H3. The van der Waals surface area contributed by atoms with E-state index in [0.717, 1.165) is 25.1 Å². The molecule has 0 aromatic heterocycles. The van der Waals surface area contributed by atoms with Gasteiger partial charge < -0.3 is 15.4 Å². The quantitative estimate of drug-likeness (QED) is 0.623. The summed E-state index contributed by atoms with van der Waals surface area (Å²) < 4.78 is 4.99. The van der Waals surface area contributed by atoms with Crippen LogP contribution >= 0.6 is 0 Å². The Balaban J connectivity index is 2.90. The third-order valence-electron chi connectivity index (χ3n) is 2.80. The molecule has 4 nitrogen and oxygen atoms in total. The average Bonchev–Trinajstić information content (AvgIpc) is 2.36. The van der Waals surface area contributed by atoms with E-state index in [1.165, 1.54) is 0 Å². The Morgan fingerprint density at radius 2 is 2.11 bits per heavy atom. The molecule has 0 heterocycles. The molecule has 0 aliphatic rings. The first-order valence-corrected chi connectivity index (χ1v) is 6.37. The van der Waals surface area contributed by atoms with Crippen molar-refractivity contribution >= 4 is 17.3 Å². The molecule has 0 saturated heterocycles. The van der Waals surface area contributed by atoms with Crippen LogP contribution in [0.4, 0.5) is 11.4 Å². The van der Waals surface area contributed by atoms with E-state index in [9.17, 15) is 4.79 Å². The molecule has 1 aromatic carbocycles. The highest BCUT2D eigenvalue weighted by molar-refractivity contribution is 5.92. The average molecular weight is 250 g/mol. The lowest BCUT2D eigenvalue weighted by Crippen LogP contribution is -2.20. The molecule has 0 saturated carbocycles. The number of carbonyl (C=O) groups excluding carboxylic acids is 1. The second-order valence-corrected chi connectivity index (χ2v) is 4.27. The van der Waals surface area contributed by atoms with Gasteiger partial charge in [0.2, 0.25) is 0 Å². The number of nitrogen functional groups attached to an aromatic ring is 1. The zero-order chi connectivity index (χ0) is 13.5. The van der Waals surface area contributed by atoms with E-state index in [1.54, 1.807) is 25.1 Å². The molecule has 0 radical (unpaired) electrons. The van der Waals surface area contributed by atoms with Crippen molar-refractivity contribution in [1.82, 2.24) is 0 Å². The van der Waals surface area contributed by atoms with Gasteiger partial charge in [0.05, 0.1) is 23.5 Å². The topological polar surface area (TPSA) is 55.6 Å². The fraction of sp³-hybridized carbons (Fsp3) is 0.500. The van der Waals surface area contributed by atoms with Crippen molar-refractivity contribution in [1.29, 1.82) is 0 Å². The number of ether oxygens (including phenoxy) is 1. The number of rotatable bonds is 6. The number of hydrogen-bond acceptors (Lipinski definition) is 4. The van der Waals surface area contributed by atoms with E-state index in [0.29, 0.717) is 17.9 Å². The van der Waals surface area contributed by atoms with Crippen LogP contribution in [0.15, 0.2) is 18.2 Å². The summed E-state index contributed by atoms with van der Waals surface area (Å²) in [4.78, 5) is 13.7. The van der Waals surface area contributed by atoms with E-state index >= 15 is 0 Å². The van der Waals surface area contributed by atoms with Gasteiger partial charge in [0, 0.05) is 13.6 Å². The minimum atomic E-state index is -0.303. The van der Waals surface area contributed by atoms with E-state index in [2.05, 4.69) is 11.8 Å². The SMILES string of the molecule is CCCCN(C)c1cc(C(=O)OCC)ccc1N. The Morgan fingerprint density at radius 1 is 1.39 bits per heavy atom. The molecule has 4 heteroatoms. The van der Waals surface area contributed by atoms with Crippen molar-refractivity contribution in [3.63, 3.8) is 0 Å². The number of unbranched alkanes of at least 4 members (excludes halogenated alkanes) is 1. The van der Waals surface area contributed by atoms with Gasteiger partial charge in [-0.2, -0.15) is 0 Å². The molecule has 0 atom stereocenters. The first-order valence-electron chi connectivity index (χ1n) is 6.37. The van der Waals surface area contributed by atoms with Crippen molar-refractivity contribution in [3.05, 3.63) is 23.8 Å². The molecule has 1 rings (SSSR count). The number of carbonyl (C=O) groups is 1. The molecule has 0 amide bonds. The fourth-order valence-electron chi connectivity index (χ4n) is 1.73. The van der Waals surface area contributed by atoms with Crippen molar-refractivity contribution in [2.24, 2.45) is 0 Å². The zero-order valence-corrected chi connectivity index (χ0v) is 11.4. The Labute approximate surface area is 109 Å². The van der Waals surface area contributed by atoms with Crippen LogP contribution < -0.4 is 10.6 Å². The smallest absolute Gasteiger partial charge is 0.338 e. The first kappa shape index (κ1) is 14.4. The van der Waals surface area contributed by atoms with Crippen molar-refractivity contribution in [2.45, 2.75) is 26.7 Å². The number of benzene rings is 1. The van der Waals surface area contributed by atoms with Gasteiger partial charge in [0.15, 0.2) is 0 Å². The van der Waals surface area contributed by atoms with Crippen LogP contribution in [-0.4, -0.2) is 26.2 Å². The fourth-order valence-corrected chi connectivity index (χ4v) is 1.73. The van der Waals surface area contributed by atoms with E-state index < -0.39 is 0 Å². The molecule has 2 N–H and O–H groups in total. The Kier molecular flexibility index (Phi) is 5.49. The lowest BCUT2D eigenvalue weighted by molar-refractivity contribution is 0.0526. The van der Waals surface area contributed by atoms with Gasteiger partial charge in [-0.15, -0.1) is 0 Å². The molecule has 0 fully saturated rings. The highest BCUT2D eigenvalue weighted by atomic mass is 16.5. The number of esters is 1. The summed E-state index contributed by atoms with van der Waals surface area (Å²) in [5.74, 6) is -0.303. The maximum atomic E-state index is 11.7. The van der Waals surface area contributed by atoms with E-state index in [4.69, 9.17) is 10.5 Å². The van der Waals surface area contributed by atoms with Gasteiger partial charge >= 0.3 is 5.97 Å². The minimum absolute atomic E-state index is 0.303. The van der Waals surface area contributed by atoms with Crippen LogP contribution in [0, 0.1) is 0 Å². The van der Waals surface area contributed by atoms with Gasteiger partial charge in [-0.25, -0.2) is 4.79 Å². The second-order valence-electron chi connectivity index (χ2n) is 4.27. The van der Waals surface area contributed by atoms with Crippen LogP contribution in [0.2, 0.25) is 0 Å². The summed E-state index contributed by atoms with van der Waals surface area (Å²) >= 11 is 0. The number of anilines is 2. The second kappa shape index (κ2) is 6.89. The molecular weight excluding hydrogens is 228 g/mol. The summed E-state index contributed by atoms with van der Waals surface area (Å²) in [6.07, 6.45) is 2.22. The van der Waals surface area contributed by atoms with E-state index in [1.807, 2.05) is 7.05 Å². The van der Waals surface area contributed by atoms with Crippen LogP contribution in [0.3, 0.4) is 0 Å². The normalized spacial score (nSPS) is 10.2. The molecule has 0 aliphatic carbocycles. The van der Waals surface area contributed by atoms with Crippen LogP contribution in [0.1, 0.15) is 37.0 Å². The molecule has 0 aliphatic heterocycles. The molecule has 100 valence electrons. The lowest BCUT2D eigenvalue weighted by Gasteiger charge is -2.21. The first-order chi connectivity index (χ1) is 8.60. The number of hydrogen-bond donors (Lipinski definition) is 1. The van der Waals surface area contributed by atoms with Crippen molar-refractivity contribution < 1.29 is 9.53 Å². The predicted octanol–water partition coefficient (Wildman–Crippen LogP) is 2.68. The summed E-state index contributed by atoms with van der Waals surface area (Å²) in [5.41, 5.74) is 8.05. The van der Waals surface area contributed by atoms with Crippen molar-refractivity contribution in [3.8, 4) is 0 Å². The molecule has 0 spiro atoms. The summed E-state index contributed by atoms with van der Waals surface area (Å²) in [7, 11) is 1.98. The number of nitrogens with two attached hydrogens (primary N) is 1. The zero-order valence-electron chi connectivity index (χ0n) is 11.4. The largest absolute Gasteiger partial charge is 0.462 e. The molecule has 0 unspecified atom stereocenters. The van der Waals surface area contributed by atoms with Gasteiger partial charge in [-0.1, -0.05) is 13.3 Å². The van der Waals surface area contributed by atoms with Crippen LogP contribution in [-0.2, 0) is 4.74 Å². The highest BCUT2D eigenvalue weighted by Gasteiger charge is 2.11. The monoisotopic (exact) mass is 250 g/mol. The van der Waals surface area contributed by atoms with E-state index in [-0.39, 0.29) is 5.97 Å². The Bertz CT molecular complexity index is 405. The van der Waals surface area contributed by atoms with Crippen molar-refractivity contribution in [2.75, 3.05) is 30.8 Å². The predicted molar refractivity (Wildman–Crippen MR) is 75.0 cm³/mol. The lowest BCUT2D eigenvalue weighted by atomic mass is 10.1. The summed E-state index contributed by atoms with van der Waals surface area (Å²) in [6.45, 7) is 5.24. The van der Waals surface area contributed by atoms with Gasteiger partial charge in [-0.3, -0.25) is 0 Å². The Hall–Kier alpha value is -1.71. The third kappa shape index (κ3) is 3.65. The minimum Gasteiger partial charge on any atom is -0.462 e. The maximum Gasteiger partial charge on any atom is 0.338 e. The van der Waals surface area contributed by atoms with Gasteiger partial charge in [-0.05, 0) is 31.5 Å². The molecule has 1 aromatic rings. The summed E-state index contributed by atoms with van der Waals surface area (Å²) in [5, 5.41) is 0. The highest BCUT2D eigenvalue weighted by Crippen LogP contribution is 2.24. The summed E-state index contributed by atoms with van der Waals surface area (Å²) in [6, 6.07) is 5.25. The van der Waals surface area contributed by atoms with Crippen LogP contribution in [0.5, 0.6) is 0 Å². The maximum absolute atomic E-state index is 11.7. The van der Waals surface area contributed by atoms with Crippen LogP contribution in [0.25, 0.3) is 0 Å². The number of nitrogens with zero attached hydrogens (tertiary/aromatic N) is 1. The molecule has 0 bridgehead atoms. The molecular formula is C14H22N2O2. The van der Waals surface area contributed by atoms with Gasteiger partial charge in [0.1, 0.15) is 0 Å². The van der Waals surface area contributed by atoms with Gasteiger partial charge in [0.25, 0.3) is 0 Å². The Morgan fingerprint density at radius 3 is 2.72 bits per heavy atom.